The first-order valence-corrected chi connectivity index (χ1v) is 24.2. The maximum absolute atomic E-state index is 12.2. The highest BCUT2D eigenvalue weighted by Crippen LogP contribution is 2.13. The normalized spacial score (nSPS) is 12.0. The molecule has 0 aliphatic carbocycles. The van der Waals surface area contributed by atoms with Crippen LogP contribution in [0.15, 0.2) is 0 Å². The number of hydrogen-bond donors (Lipinski definition) is 7. The minimum atomic E-state index is -1.09. The number of amides is 3. The van der Waals surface area contributed by atoms with E-state index in [4.69, 9.17) is 29.8 Å². The van der Waals surface area contributed by atoms with E-state index < -0.39 is 24.0 Å². The summed E-state index contributed by atoms with van der Waals surface area (Å²) in [5.74, 6) is -1.76. The fourth-order valence-corrected chi connectivity index (χ4v) is 5.80. The molecule has 0 aromatic rings. The number of nitrogens with two attached hydrogens (primary N) is 2. The second kappa shape index (κ2) is 53.5. The van der Waals surface area contributed by atoms with E-state index in [1.54, 1.807) is 6.92 Å². The fraction of sp³-hybridized carbons (Fsp3) is 0.872. The zero-order valence-electron chi connectivity index (χ0n) is 41.2. The van der Waals surface area contributed by atoms with Crippen LogP contribution in [0.3, 0.4) is 0 Å². The summed E-state index contributed by atoms with van der Waals surface area (Å²) in [5.41, 5.74) is 9.51. The first kappa shape index (κ1) is 68.5. The average molecular weight is 938 g/mol. The van der Waals surface area contributed by atoms with E-state index >= 15 is 0 Å². The van der Waals surface area contributed by atoms with Crippen LogP contribution in [0, 0.1) is 5.92 Å². The van der Waals surface area contributed by atoms with Gasteiger partial charge in [-0.05, 0) is 52.5 Å². The molecule has 0 radical (unpaired) electrons. The zero-order valence-corrected chi connectivity index (χ0v) is 41.2. The number of primary amides is 1. The lowest BCUT2D eigenvalue weighted by molar-refractivity contribution is -0.142. The van der Waals surface area contributed by atoms with Crippen LogP contribution in [0.5, 0.6) is 0 Å². The number of carboxylic acids is 1. The fourth-order valence-electron chi connectivity index (χ4n) is 5.80. The van der Waals surface area contributed by atoms with Gasteiger partial charge >= 0.3 is 5.97 Å². The van der Waals surface area contributed by atoms with Crippen molar-refractivity contribution in [1.29, 1.82) is 0 Å². The third kappa shape index (κ3) is 55.1. The smallest absolute Gasteiger partial charge is 0.326 e. The van der Waals surface area contributed by atoms with Gasteiger partial charge < -0.3 is 62.1 Å². The van der Waals surface area contributed by atoms with Gasteiger partial charge in [-0.3, -0.25) is 24.0 Å². The molecule has 0 aliphatic rings. The summed E-state index contributed by atoms with van der Waals surface area (Å²) in [4.78, 5) is 68.1. The first-order valence-electron chi connectivity index (χ1n) is 24.2. The third-order valence-electron chi connectivity index (χ3n) is 10.1. The van der Waals surface area contributed by atoms with Gasteiger partial charge in [0.2, 0.25) is 17.7 Å². The van der Waals surface area contributed by atoms with Gasteiger partial charge in [-0.2, -0.15) is 0 Å². The van der Waals surface area contributed by atoms with E-state index in [2.05, 4.69) is 28.6 Å². The Bertz CT molecular complexity index is 1140. The summed E-state index contributed by atoms with van der Waals surface area (Å²) in [6.07, 6.45) is 21.4. The molecule has 0 rings (SSSR count). The summed E-state index contributed by atoms with van der Waals surface area (Å²) >= 11 is 0. The van der Waals surface area contributed by atoms with Gasteiger partial charge in [-0.15, -0.1) is 0 Å². The number of ether oxygens (including phenoxy) is 4. The van der Waals surface area contributed by atoms with Crippen LogP contribution < -0.4 is 27.4 Å². The van der Waals surface area contributed by atoms with E-state index in [1.165, 1.54) is 64.2 Å². The van der Waals surface area contributed by atoms with Crippen molar-refractivity contribution >= 4 is 35.3 Å². The second-order valence-corrected chi connectivity index (χ2v) is 16.2. The van der Waals surface area contributed by atoms with Crippen LogP contribution in [-0.2, 0) is 47.7 Å². The SMILES string of the molecule is CCCCCCCCCCCCCCCC(=O)NC(CCC(=O)CCCOCCOCCNC)C(=O)O.CCCOCCOCC(=O)NCCCC[C@H](C)C(C)=O.NC(=O)[C@@H](N)CO.O. The molecule has 0 saturated carbocycles. The second-order valence-electron chi connectivity index (χ2n) is 16.2. The standard InChI is InChI=1S/C29H56N2O6.C15H29NO4.C3H8N2O2.H2O/c1-3-4-5-6-7-8-9-10-11-12-13-14-15-18-28(33)31-27(29(34)35)20-19-26(32)17-16-22-36-24-25-37-23-21-30-2;1-4-9-19-10-11-20-12-15(18)16-8-6-5-7-13(2)14(3)17;4-2(1-6)3(5)7;/h27,30H,3-25H2,1-2H3,(H,31,33)(H,34,35);13H,4-12H2,1-3H3,(H,16,18);2,6H,1,4H2,(H2,5,7);1H2/t;13-;2-;/m.00./s1. The zero-order chi connectivity index (χ0) is 48.5. The van der Waals surface area contributed by atoms with Crippen molar-refractivity contribution < 1.29 is 63.4 Å². The molecule has 0 bridgehead atoms. The number of hydrogen-bond acceptors (Lipinski definition) is 13. The minimum Gasteiger partial charge on any atom is -0.480 e. The van der Waals surface area contributed by atoms with E-state index in [0.29, 0.717) is 65.4 Å². The van der Waals surface area contributed by atoms with E-state index in [9.17, 15) is 33.9 Å². The Morgan fingerprint density at radius 1 is 0.600 bits per heavy atom. The number of aliphatic hydroxyl groups is 1. The number of nitrogens with one attached hydrogen (secondary N) is 3. The van der Waals surface area contributed by atoms with Crippen molar-refractivity contribution in [3.8, 4) is 0 Å². The summed E-state index contributed by atoms with van der Waals surface area (Å²) in [6, 6.07) is -1.91. The van der Waals surface area contributed by atoms with Crippen molar-refractivity contribution in [2.45, 2.75) is 181 Å². The molecular formula is C47H95N5O13. The number of carbonyl (C=O) groups is 6. The lowest BCUT2D eigenvalue weighted by atomic mass is 10.0. The van der Waals surface area contributed by atoms with Crippen molar-refractivity contribution in [3.63, 3.8) is 0 Å². The Balaban J connectivity index is -0.000000552. The molecule has 0 aliphatic heterocycles. The predicted octanol–water partition coefficient (Wildman–Crippen LogP) is 4.33. The van der Waals surface area contributed by atoms with Gasteiger partial charge in [0, 0.05) is 51.5 Å². The molecule has 0 heterocycles. The van der Waals surface area contributed by atoms with Gasteiger partial charge in [0.25, 0.3) is 0 Å². The highest BCUT2D eigenvalue weighted by Gasteiger charge is 2.20. The van der Waals surface area contributed by atoms with Crippen molar-refractivity contribution in [3.05, 3.63) is 0 Å². The lowest BCUT2D eigenvalue weighted by Crippen LogP contribution is -2.41. The number of carbonyl (C=O) groups excluding carboxylic acids is 5. The average Bonchev–Trinajstić information content (AvgIpc) is 3.27. The lowest BCUT2D eigenvalue weighted by Gasteiger charge is -2.14. The number of Topliss-reactive ketones (excluding diaryl/α,β-unsaturated/α-hetero) is 2. The van der Waals surface area contributed by atoms with Crippen molar-refractivity contribution in [2.24, 2.45) is 17.4 Å². The molecule has 3 atom stereocenters. The Morgan fingerprint density at radius 3 is 1.63 bits per heavy atom. The number of carboxylic acid groups (broad SMARTS) is 1. The Hall–Kier alpha value is -3.10. The van der Waals surface area contributed by atoms with Crippen LogP contribution in [-0.4, -0.2) is 143 Å². The molecule has 0 saturated heterocycles. The van der Waals surface area contributed by atoms with Crippen LogP contribution in [0.2, 0.25) is 0 Å². The third-order valence-corrected chi connectivity index (χ3v) is 10.1. The quantitative estimate of drug-likeness (QED) is 0.0419. The molecule has 11 N–H and O–H groups in total. The van der Waals surface area contributed by atoms with Crippen molar-refractivity contribution in [1.82, 2.24) is 16.0 Å². The van der Waals surface area contributed by atoms with Crippen LogP contribution >= 0.6 is 0 Å². The molecule has 18 nitrogen and oxygen atoms in total. The summed E-state index contributed by atoms with van der Waals surface area (Å²) < 4.78 is 21.2. The van der Waals surface area contributed by atoms with Crippen LogP contribution in [0.25, 0.3) is 0 Å². The van der Waals surface area contributed by atoms with Crippen LogP contribution in [0.4, 0.5) is 0 Å². The number of rotatable bonds is 44. The highest BCUT2D eigenvalue weighted by molar-refractivity contribution is 5.84. The summed E-state index contributed by atoms with van der Waals surface area (Å²) in [7, 11) is 1.87. The maximum atomic E-state index is 12.2. The van der Waals surface area contributed by atoms with Gasteiger partial charge in [0.05, 0.1) is 39.6 Å². The molecular weight excluding hydrogens is 843 g/mol. The molecule has 0 aromatic heterocycles. The molecule has 65 heavy (non-hydrogen) atoms. The van der Waals surface area contributed by atoms with E-state index in [0.717, 1.165) is 58.1 Å². The Labute approximate surface area is 391 Å². The maximum Gasteiger partial charge on any atom is 0.326 e. The number of likely N-dealkylation sites (N-methyl/N-ethyl adjacent to an activating group) is 1. The number of aliphatic carboxylic acids is 1. The number of ketones is 2. The Kier molecular flexibility index (Phi) is 56.4. The topological polar surface area (TPSA) is 299 Å². The van der Waals surface area contributed by atoms with Gasteiger partial charge in [0.15, 0.2) is 0 Å². The van der Waals surface area contributed by atoms with Gasteiger partial charge in [0.1, 0.15) is 30.3 Å². The molecule has 3 amide bonds. The molecule has 0 fully saturated rings. The van der Waals surface area contributed by atoms with E-state index in [-0.39, 0.29) is 60.8 Å². The monoisotopic (exact) mass is 938 g/mol. The van der Waals surface area contributed by atoms with E-state index in [1.807, 2.05) is 20.9 Å². The van der Waals surface area contributed by atoms with Gasteiger partial charge in [-0.25, -0.2) is 4.79 Å². The van der Waals surface area contributed by atoms with Crippen molar-refractivity contribution in [2.75, 3.05) is 79.6 Å². The first-order chi connectivity index (χ1) is 30.8. The molecule has 0 spiro atoms. The largest absolute Gasteiger partial charge is 0.480 e. The highest BCUT2D eigenvalue weighted by atomic mass is 16.5. The summed E-state index contributed by atoms with van der Waals surface area (Å²) in [5, 5.41) is 25.9. The molecule has 386 valence electrons. The van der Waals surface area contributed by atoms with Gasteiger partial charge in [-0.1, -0.05) is 104 Å². The summed E-state index contributed by atoms with van der Waals surface area (Å²) in [6.45, 7) is 12.8. The Morgan fingerprint density at radius 2 is 1.14 bits per heavy atom. The number of aliphatic hydroxyl groups excluding tert-OH is 1. The molecule has 1 unspecified atom stereocenters. The predicted molar refractivity (Wildman–Crippen MR) is 255 cm³/mol. The number of unbranched alkanes of at least 4 members (excludes halogenated alkanes) is 13. The van der Waals surface area contributed by atoms with Crippen LogP contribution in [0.1, 0.15) is 169 Å². The molecule has 18 heteroatoms. The minimum absolute atomic E-state index is 0. The molecule has 0 aromatic carbocycles.